The average molecular weight is 305 g/mol. The lowest BCUT2D eigenvalue weighted by atomic mass is 9.94. The predicted molar refractivity (Wildman–Crippen MR) is 82.3 cm³/mol. The van der Waals surface area contributed by atoms with Gasteiger partial charge in [0.05, 0.1) is 6.04 Å². The lowest BCUT2D eigenvalue weighted by Crippen LogP contribution is -2.46. The third kappa shape index (κ3) is 3.30. The van der Waals surface area contributed by atoms with E-state index in [1.54, 1.807) is 12.4 Å². The zero-order valence-electron chi connectivity index (χ0n) is 12.0. The maximum Gasteiger partial charge on any atom is 0.243 e. The molecule has 3 rings (SSSR count). The number of aromatic nitrogens is 3. The van der Waals surface area contributed by atoms with Crippen LogP contribution in [-0.2, 0) is 4.79 Å². The Morgan fingerprint density at radius 1 is 1.57 bits per heavy atom. The monoisotopic (exact) mass is 305 g/mol. The van der Waals surface area contributed by atoms with Crippen molar-refractivity contribution < 1.29 is 4.79 Å². The van der Waals surface area contributed by atoms with Crippen LogP contribution in [0.5, 0.6) is 0 Å². The smallest absolute Gasteiger partial charge is 0.243 e. The largest absolute Gasteiger partial charge is 0.301 e. The highest BCUT2D eigenvalue weighted by molar-refractivity contribution is 7.13. The number of piperidine rings is 1. The van der Waals surface area contributed by atoms with Gasteiger partial charge in [0.2, 0.25) is 5.91 Å². The molecule has 1 amide bonds. The van der Waals surface area contributed by atoms with Gasteiger partial charge >= 0.3 is 0 Å². The average Bonchev–Trinajstić information content (AvgIpc) is 3.20. The van der Waals surface area contributed by atoms with E-state index in [4.69, 9.17) is 0 Å². The summed E-state index contributed by atoms with van der Waals surface area (Å²) in [4.78, 5) is 18.6. The van der Waals surface area contributed by atoms with E-state index in [2.05, 4.69) is 25.4 Å². The van der Waals surface area contributed by atoms with Crippen LogP contribution in [0, 0.1) is 0 Å². The summed E-state index contributed by atoms with van der Waals surface area (Å²) in [5.41, 5.74) is 1.16. The van der Waals surface area contributed by atoms with Crippen LogP contribution >= 0.6 is 11.3 Å². The topological polar surface area (TPSA) is 73.9 Å². The molecule has 1 aliphatic rings. The Morgan fingerprint density at radius 2 is 2.48 bits per heavy atom. The second kappa shape index (κ2) is 6.36. The first kappa shape index (κ1) is 14.2. The lowest BCUT2D eigenvalue weighted by Gasteiger charge is -2.35. The number of hydrogen-bond donors (Lipinski definition) is 2. The van der Waals surface area contributed by atoms with Gasteiger partial charge in [0.1, 0.15) is 0 Å². The summed E-state index contributed by atoms with van der Waals surface area (Å²) < 4.78 is 0. The van der Waals surface area contributed by atoms with Crippen molar-refractivity contribution >= 4 is 22.4 Å². The Kier molecular flexibility index (Phi) is 4.31. The fourth-order valence-electron chi connectivity index (χ4n) is 2.77. The van der Waals surface area contributed by atoms with Crippen LogP contribution in [0.4, 0.5) is 5.13 Å². The molecule has 7 heteroatoms. The molecule has 2 atom stereocenters. The van der Waals surface area contributed by atoms with Crippen molar-refractivity contribution in [1.29, 1.82) is 0 Å². The predicted octanol–water partition coefficient (Wildman–Crippen LogP) is 2.07. The van der Waals surface area contributed by atoms with Crippen molar-refractivity contribution in [3.63, 3.8) is 0 Å². The normalized spacial score (nSPS) is 21.1. The Balaban J connectivity index is 1.61. The molecule has 1 saturated heterocycles. The Morgan fingerprint density at radius 3 is 3.19 bits per heavy atom. The minimum atomic E-state index is -0.153. The van der Waals surface area contributed by atoms with Crippen molar-refractivity contribution in [1.82, 2.24) is 20.1 Å². The number of nitrogens with one attached hydrogen (secondary N) is 2. The standard InChI is InChI=1S/C14H19N5OS/c1-10(13(20)17-14-15-6-8-21-14)19-7-2-3-11(9-19)12-4-5-16-18-12/h4-6,8,10-11H,2-3,7,9H2,1H3,(H,16,18)(H,15,17,20). The number of likely N-dealkylation sites (tertiary alicyclic amines) is 1. The van der Waals surface area contributed by atoms with Crippen LogP contribution in [0.2, 0.25) is 0 Å². The third-order valence-corrected chi connectivity index (χ3v) is 4.69. The molecule has 0 spiro atoms. The molecular weight excluding hydrogens is 286 g/mol. The quantitative estimate of drug-likeness (QED) is 0.907. The number of carbonyl (C=O) groups is 1. The maximum atomic E-state index is 12.3. The molecule has 2 aromatic heterocycles. The Bertz CT molecular complexity index is 568. The second-order valence-electron chi connectivity index (χ2n) is 5.35. The van der Waals surface area contributed by atoms with E-state index in [-0.39, 0.29) is 11.9 Å². The molecule has 0 radical (unpaired) electrons. The van der Waals surface area contributed by atoms with Crippen LogP contribution in [0.15, 0.2) is 23.8 Å². The summed E-state index contributed by atoms with van der Waals surface area (Å²) in [5.74, 6) is 0.437. The third-order valence-electron chi connectivity index (χ3n) is 4.00. The molecule has 0 aliphatic carbocycles. The number of amides is 1. The van der Waals surface area contributed by atoms with Gasteiger partial charge in [0.25, 0.3) is 0 Å². The maximum absolute atomic E-state index is 12.3. The molecule has 2 aromatic rings. The fourth-order valence-corrected chi connectivity index (χ4v) is 3.30. The number of nitrogens with zero attached hydrogens (tertiary/aromatic N) is 3. The van der Waals surface area contributed by atoms with Gasteiger partial charge in [-0.05, 0) is 32.4 Å². The van der Waals surface area contributed by atoms with Crippen molar-refractivity contribution in [2.24, 2.45) is 0 Å². The summed E-state index contributed by atoms with van der Waals surface area (Å²) in [6.45, 7) is 3.80. The van der Waals surface area contributed by atoms with Crippen LogP contribution in [0.3, 0.4) is 0 Å². The van der Waals surface area contributed by atoms with E-state index in [1.165, 1.54) is 11.3 Å². The van der Waals surface area contributed by atoms with E-state index in [1.807, 2.05) is 18.4 Å². The summed E-state index contributed by atoms with van der Waals surface area (Å²) in [6.07, 6.45) is 5.71. The number of H-pyrrole nitrogens is 1. The molecule has 2 unspecified atom stereocenters. The van der Waals surface area contributed by atoms with Crippen molar-refractivity contribution in [2.45, 2.75) is 31.7 Å². The van der Waals surface area contributed by atoms with Gasteiger partial charge < -0.3 is 5.32 Å². The number of thiazole rings is 1. The van der Waals surface area contributed by atoms with Crippen LogP contribution in [-0.4, -0.2) is 45.1 Å². The van der Waals surface area contributed by atoms with E-state index < -0.39 is 0 Å². The first-order chi connectivity index (χ1) is 10.2. The number of aromatic amines is 1. The van der Waals surface area contributed by atoms with Gasteiger partial charge in [-0.3, -0.25) is 14.8 Å². The highest BCUT2D eigenvalue weighted by Crippen LogP contribution is 2.26. The molecular formula is C14H19N5OS. The number of hydrogen-bond acceptors (Lipinski definition) is 5. The van der Waals surface area contributed by atoms with Gasteiger partial charge in [0, 0.05) is 35.9 Å². The molecule has 0 bridgehead atoms. The van der Waals surface area contributed by atoms with E-state index >= 15 is 0 Å². The van der Waals surface area contributed by atoms with Crippen molar-refractivity contribution in [3.05, 3.63) is 29.5 Å². The number of rotatable bonds is 4. The van der Waals surface area contributed by atoms with Gasteiger partial charge in [-0.25, -0.2) is 4.98 Å². The lowest BCUT2D eigenvalue weighted by molar-refractivity contribution is -0.121. The van der Waals surface area contributed by atoms with E-state index in [0.717, 1.165) is 31.6 Å². The van der Waals surface area contributed by atoms with E-state index in [0.29, 0.717) is 11.0 Å². The summed E-state index contributed by atoms with van der Waals surface area (Å²) in [7, 11) is 0. The molecule has 112 valence electrons. The van der Waals surface area contributed by atoms with Crippen LogP contribution in [0.1, 0.15) is 31.4 Å². The van der Waals surface area contributed by atoms with Crippen LogP contribution < -0.4 is 5.32 Å². The first-order valence-electron chi connectivity index (χ1n) is 7.17. The summed E-state index contributed by atoms with van der Waals surface area (Å²) >= 11 is 1.44. The molecule has 0 saturated carbocycles. The fraction of sp³-hybridized carbons (Fsp3) is 0.500. The SMILES string of the molecule is CC(C(=O)Nc1nccs1)N1CCCC(c2ccn[nH]2)C1. The second-order valence-corrected chi connectivity index (χ2v) is 6.24. The number of carbonyl (C=O) groups excluding carboxylic acids is 1. The number of anilines is 1. The van der Waals surface area contributed by atoms with Gasteiger partial charge in [-0.1, -0.05) is 0 Å². The molecule has 2 N–H and O–H groups in total. The van der Waals surface area contributed by atoms with Gasteiger partial charge in [-0.15, -0.1) is 11.3 Å². The molecule has 3 heterocycles. The molecule has 21 heavy (non-hydrogen) atoms. The van der Waals surface area contributed by atoms with Crippen molar-refractivity contribution in [2.75, 3.05) is 18.4 Å². The minimum Gasteiger partial charge on any atom is -0.301 e. The van der Waals surface area contributed by atoms with Gasteiger partial charge in [-0.2, -0.15) is 5.10 Å². The zero-order chi connectivity index (χ0) is 14.7. The Hall–Kier alpha value is -1.73. The van der Waals surface area contributed by atoms with Crippen LogP contribution in [0.25, 0.3) is 0 Å². The summed E-state index contributed by atoms with van der Waals surface area (Å²) in [5, 5.41) is 12.5. The van der Waals surface area contributed by atoms with E-state index in [9.17, 15) is 4.79 Å². The first-order valence-corrected chi connectivity index (χ1v) is 8.05. The molecule has 6 nitrogen and oxygen atoms in total. The molecule has 1 aliphatic heterocycles. The molecule has 1 fully saturated rings. The molecule has 0 aromatic carbocycles. The summed E-state index contributed by atoms with van der Waals surface area (Å²) in [6, 6.07) is 1.87. The highest BCUT2D eigenvalue weighted by atomic mass is 32.1. The zero-order valence-corrected chi connectivity index (χ0v) is 12.8. The minimum absolute atomic E-state index is 0.00945. The van der Waals surface area contributed by atoms with Gasteiger partial charge in [0.15, 0.2) is 5.13 Å². The van der Waals surface area contributed by atoms with Crippen molar-refractivity contribution in [3.8, 4) is 0 Å². The Labute approximate surface area is 127 Å². The highest BCUT2D eigenvalue weighted by Gasteiger charge is 2.28.